The molecule has 4 aromatic heterocycles. The number of imidazole rings is 1. The van der Waals surface area contributed by atoms with Gasteiger partial charge in [0.25, 0.3) is 0 Å². The maximum absolute atomic E-state index is 12.6. The number of fused-ring (bicyclic) bond motifs is 1. The van der Waals surface area contributed by atoms with E-state index in [9.17, 15) is 4.79 Å². The highest BCUT2D eigenvalue weighted by atomic mass is 16.2. The fourth-order valence-electron chi connectivity index (χ4n) is 4.25. The highest BCUT2D eigenvalue weighted by molar-refractivity contribution is 5.93. The molecule has 1 aliphatic heterocycles. The monoisotopic (exact) mass is 475 g/mol. The number of amides is 1. The quantitative estimate of drug-likeness (QED) is 0.369. The summed E-state index contributed by atoms with van der Waals surface area (Å²) in [5, 5.41) is 14.7. The Balaban J connectivity index is 1.33. The van der Waals surface area contributed by atoms with Gasteiger partial charge in [-0.15, -0.1) is 0 Å². The van der Waals surface area contributed by atoms with Crippen molar-refractivity contribution in [2.75, 3.05) is 29.0 Å². The third kappa shape index (κ3) is 4.92. The Kier molecular flexibility index (Phi) is 6.03. The summed E-state index contributed by atoms with van der Waals surface area (Å²) >= 11 is 0. The Labute approximate surface area is 202 Å². The molecular formula is C23H29N11O. The minimum absolute atomic E-state index is 0.0417. The number of pyridine rings is 1. The minimum Gasteiger partial charge on any atom is -0.338 e. The van der Waals surface area contributed by atoms with Gasteiger partial charge in [0, 0.05) is 32.5 Å². The summed E-state index contributed by atoms with van der Waals surface area (Å²) in [4.78, 5) is 32.5. The highest BCUT2D eigenvalue weighted by Gasteiger charge is 2.22. The lowest BCUT2D eigenvalue weighted by atomic mass is 10.2. The van der Waals surface area contributed by atoms with E-state index in [-0.39, 0.29) is 5.91 Å². The molecule has 1 saturated heterocycles. The zero-order valence-electron chi connectivity index (χ0n) is 20.3. The fourth-order valence-corrected chi connectivity index (χ4v) is 4.25. The van der Waals surface area contributed by atoms with E-state index in [1.807, 2.05) is 37.8 Å². The lowest BCUT2D eigenvalue weighted by Crippen LogP contribution is -2.35. The molecule has 5 rings (SSSR count). The summed E-state index contributed by atoms with van der Waals surface area (Å²) in [5.74, 6) is 1.65. The largest absolute Gasteiger partial charge is 0.338 e. The van der Waals surface area contributed by atoms with Crippen molar-refractivity contribution in [1.29, 1.82) is 0 Å². The van der Waals surface area contributed by atoms with Crippen LogP contribution in [0.1, 0.15) is 25.5 Å². The van der Waals surface area contributed by atoms with Crippen molar-refractivity contribution < 1.29 is 4.79 Å². The number of carbonyl (C=O) groups is 1. The summed E-state index contributed by atoms with van der Waals surface area (Å²) < 4.78 is 3.53. The first-order valence-electron chi connectivity index (χ1n) is 11.6. The number of nitrogens with zero attached hydrogens (tertiary/aromatic N) is 8. The van der Waals surface area contributed by atoms with E-state index in [1.165, 1.54) is 0 Å². The Morgan fingerprint density at radius 2 is 2.03 bits per heavy atom. The van der Waals surface area contributed by atoms with Crippen molar-refractivity contribution in [2.24, 2.45) is 14.1 Å². The summed E-state index contributed by atoms with van der Waals surface area (Å²) in [6.45, 7) is 5.40. The van der Waals surface area contributed by atoms with Crippen LogP contribution in [-0.4, -0.2) is 64.2 Å². The van der Waals surface area contributed by atoms with Gasteiger partial charge in [0.1, 0.15) is 0 Å². The van der Waals surface area contributed by atoms with Crippen LogP contribution in [0.2, 0.25) is 0 Å². The molecule has 0 unspecified atom stereocenters. The molecule has 1 amide bonds. The zero-order valence-corrected chi connectivity index (χ0v) is 20.3. The third-order valence-electron chi connectivity index (χ3n) is 6.19. The first-order chi connectivity index (χ1) is 16.9. The van der Waals surface area contributed by atoms with E-state index < -0.39 is 0 Å². The fraction of sp³-hybridized carbons (Fsp3) is 0.391. The Morgan fingerprint density at radius 3 is 2.77 bits per heavy atom. The number of carbonyl (C=O) groups excluding carboxylic acids is 1. The van der Waals surface area contributed by atoms with Crippen LogP contribution in [0.15, 0.2) is 31.0 Å². The van der Waals surface area contributed by atoms with Gasteiger partial charge < -0.3 is 20.5 Å². The molecule has 12 heteroatoms. The SMILES string of the molecule is Cc1ncc(NC(=O)CN2CCC[C@@H]2C)cc1Nc1nn(C)c2nc(Nc3cn(C)cn3)ncc12. The van der Waals surface area contributed by atoms with E-state index in [1.54, 1.807) is 23.4 Å². The van der Waals surface area contributed by atoms with Crippen molar-refractivity contribution in [1.82, 2.24) is 39.2 Å². The van der Waals surface area contributed by atoms with E-state index in [2.05, 4.69) is 52.8 Å². The summed E-state index contributed by atoms with van der Waals surface area (Å²) in [6.07, 6.45) is 9.20. The molecular weight excluding hydrogens is 446 g/mol. The highest BCUT2D eigenvalue weighted by Crippen LogP contribution is 2.27. The molecule has 0 radical (unpaired) electrons. The van der Waals surface area contributed by atoms with Gasteiger partial charge in [-0.2, -0.15) is 10.1 Å². The zero-order chi connectivity index (χ0) is 24.5. The van der Waals surface area contributed by atoms with Crippen molar-refractivity contribution in [2.45, 2.75) is 32.7 Å². The van der Waals surface area contributed by atoms with Gasteiger partial charge in [0.2, 0.25) is 11.9 Å². The molecule has 0 spiro atoms. The number of hydrogen-bond donors (Lipinski definition) is 3. The average molecular weight is 476 g/mol. The van der Waals surface area contributed by atoms with Crippen LogP contribution in [0.3, 0.4) is 0 Å². The van der Waals surface area contributed by atoms with Gasteiger partial charge in [-0.1, -0.05) is 0 Å². The van der Waals surface area contributed by atoms with E-state index in [4.69, 9.17) is 0 Å². The first kappa shape index (κ1) is 22.7. The number of likely N-dealkylation sites (tertiary alicyclic amines) is 1. The van der Waals surface area contributed by atoms with E-state index in [0.29, 0.717) is 41.5 Å². The summed E-state index contributed by atoms with van der Waals surface area (Å²) in [6, 6.07) is 2.31. The van der Waals surface area contributed by atoms with Crippen LogP contribution in [-0.2, 0) is 18.9 Å². The Bertz CT molecular complexity index is 1380. The molecule has 1 fully saturated rings. The lowest BCUT2D eigenvalue weighted by molar-refractivity contribution is -0.117. The molecule has 12 nitrogen and oxygen atoms in total. The second kappa shape index (κ2) is 9.29. The number of aryl methyl sites for hydroxylation is 3. The second-order valence-corrected chi connectivity index (χ2v) is 8.94. The molecule has 0 aliphatic carbocycles. The number of hydrogen-bond acceptors (Lipinski definition) is 9. The van der Waals surface area contributed by atoms with Crippen LogP contribution >= 0.6 is 0 Å². The number of aromatic nitrogens is 7. The molecule has 1 aliphatic rings. The van der Waals surface area contributed by atoms with Crippen LogP contribution in [0.25, 0.3) is 11.0 Å². The molecule has 0 aromatic carbocycles. The maximum atomic E-state index is 12.6. The molecule has 5 heterocycles. The maximum Gasteiger partial charge on any atom is 0.238 e. The summed E-state index contributed by atoms with van der Waals surface area (Å²) in [5.41, 5.74) is 2.82. The van der Waals surface area contributed by atoms with Crippen LogP contribution in [0, 0.1) is 6.92 Å². The molecule has 1 atom stereocenters. The van der Waals surface area contributed by atoms with Crippen LogP contribution < -0.4 is 16.0 Å². The topological polar surface area (TPSA) is 131 Å². The van der Waals surface area contributed by atoms with Crippen molar-refractivity contribution in [3.05, 3.63) is 36.7 Å². The van der Waals surface area contributed by atoms with Gasteiger partial charge in [-0.05, 0) is 39.3 Å². The van der Waals surface area contributed by atoms with Gasteiger partial charge in [-0.3, -0.25) is 14.7 Å². The lowest BCUT2D eigenvalue weighted by Gasteiger charge is -2.20. The smallest absolute Gasteiger partial charge is 0.238 e. The van der Waals surface area contributed by atoms with Crippen molar-refractivity contribution >= 4 is 45.9 Å². The predicted molar refractivity (Wildman–Crippen MR) is 134 cm³/mol. The summed E-state index contributed by atoms with van der Waals surface area (Å²) in [7, 11) is 3.72. The Hall–Kier alpha value is -4.06. The Morgan fingerprint density at radius 1 is 1.17 bits per heavy atom. The molecule has 4 aromatic rings. The number of anilines is 5. The molecule has 3 N–H and O–H groups in total. The average Bonchev–Trinajstić information content (AvgIpc) is 3.50. The first-order valence-corrected chi connectivity index (χ1v) is 11.6. The minimum atomic E-state index is -0.0417. The molecule has 182 valence electrons. The van der Waals surface area contributed by atoms with Gasteiger partial charge in [-0.25, -0.2) is 14.6 Å². The van der Waals surface area contributed by atoms with Gasteiger partial charge in [0.05, 0.1) is 41.5 Å². The van der Waals surface area contributed by atoms with E-state index >= 15 is 0 Å². The van der Waals surface area contributed by atoms with Gasteiger partial charge >= 0.3 is 0 Å². The standard InChI is InChI=1S/C23H29N11O/c1-14-6-5-7-34(14)12-20(35)27-16-8-18(15(2)24-9-16)28-21-17-10-25-23(30-22(17)33(4)31-21)29-19-11-32(3)13-26-19/h8-11,13-14H,5-7,12H2,1-4H3,(H,27,35)(H,28,31)(H,25,29,30)/t14-/m0/s1. The van der Waals surface area contributed by atoms with Crippen LogP contribution in [0.4, 0.5) is 29.0 Å². The van der Waals surface area contributed by atoms with Crippen LogP contribution in [0.5, 0.6) is 0 Å². The normalized spacial score (nSPS) is 16.1. The predicted octanol–water partition coefficient (Wildman–Crippen LogP) is 2.71. The number of nitrogens with one attached hydrogen (secondary N) is 3. The van der Waals surface area contributed by atoms with Crippen molar-refractivity contribution in [3.8, 4) is 0 Å². The van der Waals surface area contributed by atoms with Crippen molar-refractivity contribution in [3.63, 3.8) is 0 Å². The third-order valence-corrected chi connectivity index (χ3v) is 6.19. The van der Waals surface area contributed by atoms with Gasteiger partial charge in [0.15, 0.2) is 17.3 Å². The molecule has 0 saturated carbocycles. The second-order valence-electron chi connectivity index (χ2n) is 8.94. The number of rotatable bonds is 7. The van der Waals surface area contributed by atoms with E-state index in [0.717, 1.165) is 36.2 Å². The molecule has 0 bridgehead atoms. The molecule has 35 heavy (non-hydrogen) atoms.